The van der Waals surface area contributed by atoms with Crippen LogP contribution in [0.25, 0.3) is 0 Å². The maximum Gasteiger partial charge on any atom is 0.274 e. The van der Waals surface area contributed by atoms with Gasteiger partial charge in [0.25, 0.3) is 5.56 Å². The highest BCUT2D eigenvalue weighted by atomic mass is 16.1. The van der Waals surface area contributed by atoms with Crippen LogP contribution in [0.5, 0.6) is 0 Å². The zero-order valence-corrected chi connectivity index (χ0v) is 4.59. The Kier molecular flexibility index (Phi) is 1.46. The third kappa shape index (κ3) is 1.26. The van der Waals surface area contributed by atoms with E-state index in [4.69, 9.17) is 5.84 Å². The number of nitrogens with one attached hydrogen (secondary N) is 2. The number of H-pyrrole nitrogens is 1. The summed E-state index contributed by atoms with van der Waals surface area (Å²) in [5.74, 6) is 5.42. The predicted molar refractivity (Wildman–Crippen MR) is 32.7 cm³/mol. The molecule has 0 radical (unpaired) electrons. The second-order valence-electron chi connectivity index (χ2n) is 1.44. The van der Waals surface area contributed by atoms with Crippen LogP contribution in [0.1, 0.15) is 0 Å². The topological polar surface area (TPSA) is 83.8 Å². The third-order valence-electron chi connectivity index (χ3n) is 0.835. The lowest BCUT2D eigenvalue weighted by Gasteiger charge is -1.94. The van der Waals surface area contributed by atoms with Gasteiger partial charge in [-0.1, -0.05) is 0 Å². The molecular formula is C4H6N4O. The monoisotopic (exact) mass is 126 g/mol. The van der Waals surface area contributed by atoms with E-state index in [0.29, 0.717) is 5.82 Å². The van der Waals surface area contributed by atoms with Crippen molar-refractivity contribution in [2.45, 2.75) is 0 Å². The smallest absolute Gasteiger partial charge is 0.274 e. The quantitative estimate of drug-likeness (QED) is 0.335. The van der Waals surface area contributed by atoms with Gasteiger partial charge in [-0.25, -0.2) is 5.84 Å². The summed E-state index contributed by atoms with van der Waals surface area (Å²) >= 11 is 0. The van der Waals surface area contributed by atoms with Gasteiger partial charge in [0.05, 0.1) is 6.33 Å². The van der Waals surface area contributed by atoms with Crippen LogP contribution < -0.4 is 16.8 Å². The van der Waals surface area contributed by atoms with Crippen molar-refractivity contribution in [1.82, 2.24) is 9.97 Å². The Morgan fingerprint density at radius 3 is 3.00 bits per heavy atom. The molecule has 0 bridgehead atoms. The van der Waals surface area contributed by atoms with Gasteiger partial charge in [0.2, 0.25) is 0 Å². The average Bonchev–Trinajstić information content (AvgIpc) is 1.88. The number of aromatic amines is 1. The van der Waals surface area contributed by atoms with Crippen LogP contribution in [0, 0.1) is 0 Å². The molecule has 1 heterocycles. The second kappa shape index (κ2) is 2.27. The number of nitrogens with two attached hydrogens (primary N) is 1. The molecule has 5 heteroatoms. The first-order valence-electron chi connectivity index (χ1n) is 2.34. The van der Waals surface area contributed by atoms with Gasteiger partial charge in [0, 0.05) is 6.07 Å². The Bertz CT molecular complexity index is 242. The van der Waals surface area contributed by atoms with E-state index in [1.165, 1.54) is 12.4 Å². The molecule has 0 atom stereocenters. The normalized spacial score (nSPS) is 9.00. The van der Waals surface area contributed by atoms with Gasteiger partial charge in [-0.15, -0.1) is 0 Å². The Morgan fingerprint density at radius 1 is 1.78 bits per heavy atom. The van der Waals surface area contributed by atoms with Crippen molar-refractivity contribution >= 4 is 5.82 Å². The van der Waals surface area contributed by atoms with Crippen LogP contribution in [-0.2, 0) is 0 Å². The predicted octanol–water partition coefficient (Wildman–Crippen LogP) is -0.945. The molecule has 0 aromatic carbocycles. The van der Waals surface area contributed by atoms with Crippen LogP contribution in [0.15, 0.2) is 17.2 Å². The van der Waals surface area contributed by atoms with Gasteiger partial charge in [-0.2, -0.15) is 4.98 Å². The number of aromatic nitrogens is 2. The molecule has 1 aromatic heterocycles. The number of nitrogen functional groups attached to an aromatic ring is 1. The van der Waals surface area contributed by atoms with Crippen molar-refractivity contribution in [2.75, 3.05) is 5.43 Å². The van der Waals surface area contributed by atoms with Crippen molar-refractivity contribution in [3.8, 4) is 0 Å². The van der Waals surface area contributed by atoms with Crippen LogP contribution in [0.4, 0.5) is 5.82 Å². The van der Waals surface area contributed by atoms with Crippen molar-refractivity contribution < 1.29 is 0 Å². The molecule has 0 amide bonds. The molecule has 0 fully saturated rings. The molecule has 1 rings (SSSR count). The van der Waals surface area contributed by atoms with Crippen LogP contribution >= 0.6 is 0 Å². The molecule has 5 nitrogen and oxygen atoms in total. The average molecular weight is 126 g/mol. The molecule has 0 unspecified atom stereocenters. The van der Waals surface area contributed by atoms with E-state index in [1.807, 2.05) is 0 Å². The van der Waals surface area contributed by atoms with E-state index in [-0.39, 0.29) is 5.56 Å². The summed E-state index contributed by atoms with van der Waals surface area (Å²) in [5.41, 5.74) is 1.95. The maximum atomic E-state index is 10.4. The molecule has 0 saturated heterocycles. The van der Waals surface area contributed by atoms with Crippen molar-refractivity contribution in [3.05, 3.63) is 22.7 Å². The third-order valence-corrected chi connectivity index (χ3v) is 0.835. The summed E-state index contributed by atoms with van der Waals surface area (Å²) in [6, 6.07) is 1.26. The molecule has 4 N–H and O–H groups in total. The fraction of sp³-hybridized carbons (Fsp3) is 0. The Balaban J connectivity index is 3.08. The van der Waals surface area contributed by atoms with E-state index in [1.54, 1.807) is 0 Å². The van der Waals surface area contributed by atoms with Gasteiger partial charge < -0.3 is 10.4 Å². The van der Waals surface area contributed by atoms with Crippen LogP contribution in [0.2, 0.25) is 0 Å². The summed E-state index contributed by atoms with van der Waals surface area (Å²) in [4.78, 5) is 16.4. The first-order chi connectivity index (χ1) is 4.33. The SMILES string of the molecule is NNc1cc(=O)nc[nH]1. The van der Waals surface area contributed by atoms with Gasteiger partial charge in [-0.05, 0) is 0 Å². The van der Waals surface area contributed by atoms with Gasteiger partial charge in [-0.3, -0.25) is 4.79 Å². The molecule has 0 spiro atoms. The van der Waals surface area contributed by atoms with Crippen molar-refractivity contribution in [1.29, 1.82) is 0 Å². The zero-order valence-electron chi connectivity index (χ0n) is 4.59. The lowest BCUT2D eigenvalue weighted by atomic mass is 10.6. The highest BCUT2D eigenvalue weighted by Gasteiger charge is 1.86. The number of hydrazine groups is 1. The minimum atomic E-state index is -0.318. The number of hydrogen-bond donors (Lipinski definition) is 3. The number of anilines is 1. The van der Waals surface area contributed by atoms with E-state index >= 15 is 0 Å². The Hall–Kier alpha value is -1.36. The maximum absolute atomic E-state index is 10.4. The van der Waals surface area contributed by atoms with Crippen molar-refractivity contribution in [2.24, 2.45) is 5.84 Å². The van der Waals surface area contributed by atoms with Gasteiger partial charge in [0.15, 0.2) is 0 Å². The molecule has 0 aliphatic rings. The summed E-state index contributed by atoms with van der Waals surface area (Å²) in [7, 11) is 0. The Labute approximate surface area is 50.9 Å². The second-order valence-corrected chi connectivity index (χ2v) is 1.44. The summed E-state index contributed by atoms with van der Waals surface area (Å²) in [6.45, 7) is 0. The van der Waals surface area contributed by atoms with Gasteiger partial charge in [0.1, 0.15) is 5.82 Å². The molecular weight excluding hydrogens is 120 g/mol. The van der Waals surface area contributed by atoms with Crippen molar-refractivity contribution in [3.63, 3.8) is 0 Å². The lowest BCUT2D eigenvalue weighted by molar-refractivity contribution is 1.10. The summed E-state index contributed by atoms with van der Waals surface area (Å²) < 4.78 is 0. The highest BCUT2D eigenvalue weighted by molar-refractivity contribution is 5.28. The summed E-state index contributed by atoms with van der Waals surface area (Å²) in [6.07, 6.45) is 1.28. The number of rotatable bonds is 1. The van der Waals surface area contributed by atoms with Gasteiger partial charge >= 0.3 is 0 Å². The number of nitrogens with zero attached hydrogens (tertiary/aromatic N) is 1. The first kappa shape index (κ1) is 5.77. The first-order valence-corrected chi connectivity index (χ1v) is 2.34. The zero-order chi connectivity index (χ0) is 6.69. The lowest BCUT2D eigenvalue weighted by Crippen LogP contribution is -2.13. The van der Waals surface area contributed by atoms with E-state index in [2.05, 4.69) is 15.4 Å². The molecule has 9 heavy (non-hydrogen) atoms. The molecule has 48 valence electrons. The largest absolute Gasteiger partial charge is 0.332 e. The molecule has 0 aliphatic carbocycles. The standard InChI is InChI=1S/C4H6N4O/c5-8-3-1-4(9)7-2-6-3/h1-2H,5H2,(H2,6,7,8,9). The minimum absolute atomic E-state index is 0.318. The highest BCUT2D eigenvalue weighted by Crippen LogP contribution is 1.87. The molecule has 1 aromatic rings. The molecule has 0 aliphatic heterocycles. The minimum Gasteiger partial charge on any atom is -0.332 e. The van der Waals surface area contributed by atoms with E-state index in [9.17, 15) is 4.79 Å². The van der Waals surface area contributed by atoms with Crippen LogP contribution in [-0.4, -0.2) is 9.97 Å². The number of hydrogen-bond acceptors (Lipinski definition) is 4. The van der Waals surface area contributed by atoms with Crippen LogP contribution in [0.3, 0.4) is 0 Å². The fourth-order valence-electron chi connectivity index (χ4n) is 0.451. The fourth-order valence-corrected chi connectivity index (χ4v) is 0.451. The Morgan fingerprint density at radius 2 is 2.56 bits per heavy atom. The molecule has 0 saturated carbocycles. The van der Waals surface area contributed by atoms with E-state index in [0.717, 1.165) is 0 Å². The summed E-state index contributed by atoms with van der Waals surface area (Å²) in [5, 5.41) is 0. The van der Waals surface area contributed by atoms with E-state index < -0.39 is 0 Å².